The van der Waals surface area contributed by atoms with Crippen LogP contribution in [0.2, 0.25) is 0 Å². The van der Waals surface area contributed by atoms with Crippen molar-refractivity contribution in [3.05, 3.63) is 277 Å². The third-order valence-electron chi connectivity index (χ3n) is 13.8. The summed E-state index contributed by atoms with van der Waals surface area (Å²) in [6.45, 7) is 0. The van der Waals surface area contributed by atoms with Gasteiger partial charge in [0.05, 0.1) is 22.1 Å². The summed E-state index contributed by atoms with van der Waals surface area (Å²) in [5.74, 6) is 0. The topological polar surface area (TPSA) is 8.17 Å². The Kier molecular flexibility index (Phi) is 8.47. The number of benzene rings is 11. The summed E-state index contributed by atoms with van der Waals surface area (Å²) in [6.07, 6.45) is 0. The maximum absolute atomic E-state index is 2.50. The molecule has 1 aliphatic rings. The first-order chi connectivity index (χ1) is 32.3. The van der Waals surface area contributed by atoms with E-state index < -0.39 is 5.41 Å². The van der Waals surface area contributed by atoms with E-state index in [0.29, 0.717) is 0 Å². The maximum Gasteiger partial charge on any atom is 0.0720 e. The molecule has 0 saturated heterocycles. The lowest BCUT2D eigenvalue weighted by Gasteiger charge is -2.36. The molecule has 2 nitrogen and oxygen atoms in total. The summed E-state index contributed by atoms with van der Waals surface area (Å²) in [4.78, 5) is 2.50. The van der Waals surface area contributed by atoms with Crippen molar-refractivity contribution in [1.29, 1.82) is 0 Å². The molecule has 304 valence electrons. The molecular formula is C63H42N2. The van der Waals surface area contributed by atoms with Crippen molar-refractivity contribution in [2.24, 2.45) is 0 Å². The molecule has 11 aromatic carbocycles. The van der Waals surface area contributed by atoms with E-state index in [0.717, 1.165) is 28.3 Å². The second-order valence-corrected chi connectivity index (χ2v) is 17.2. The van der Waals surface area contributed by atoms with Crippen LogP contribution in [0, 0.1) is 0 Å². The highest BCUT2D eigenvalue weighted by molar-refractivity contribution is 6.19. The van der Waals surface area contributed by atoms with Gasteiger partial charge in [0.25, 0.3) is 0 Å². The summed E-state index contributed by atoms with van der Waals surface area (Å²) in [7, 11) is 0. The average molecular weight is 827 g/mol. The van der Waals surface area contributed by atoms with Gasteiger partial charge in [0.2, 0.25) is 0 Å². The minimum atomic E-state index is -0.620. The minimum absolute atomic E-state index is 0.620. The number of hydrogen-bond acceptors (Lipinski definition) is 1. The van der Waals surface area contributed by atoms with Crippen LogP contribution in [0.4, 0.5) is 17.1 Å². The molecule has 2 heteroatoms. The molecule has 0 spiro atoms. The molecule has 13 rings (SSSR count). The van der Waals surface area contributed by atoms with Gasteiger partial charge in [-0.3, -0.25) is 0 Å². The third-order valence-corrected chi connectivity index (χ3v) is 13.8. The molecule has 0 fully saturated rings. The van der Waals surface area contributed by atoms with Crippen molar-refractivity contribution in [3.63, 3.8) is 0 Å². The summed E-state index contributed by atoms with van der Waals surface area (Å²) >= 11 is 0. The van der Waals surface area contributed by atoms with Gasteiger partial charge in [0, 0.05) is 38.6 Å². The van der Waals surface area contributed by atoms with E-state index in [1.54, 1.807) is 0 Å². The zero-order valence-corrected chi connectivity index (χ0v) is 35.6. The average Bonchev–Trinajstić information content (AvgIpc) is 3.88. The Morgan fingerprint density at radius 3 is 1.68 bits per heavy atom. The van der Waals surface area contributed by atoms with Gasteiger partial charge in [0.1, 0.15) is 0 Å². The molecule has 1 atom stereocenters. The Hall–Kier alpha value is -8.46. The van der Waals surface area contributed by atoms with Crippen molar-refractivity contribution < 1.29 is 0 Å². The summed E-state index contributed by atoms with van der Waals surface area (Å²) in [6, 6.07) is 94.1. The Labute approximate surface area is 378 Å². The molecule has 1 aromatic heterocycles. The largest absolute Gasteiger partial charge is 0.310 e. The second kappa shape index (κ2) is 14.8. The fourth-order valence-corrected chi connectivity index (χ4v) is 11.1. The lowest BCUT2D eigenvalue weighted by atomic mass is 9.66. The molecular weight excluding hydrogens is 785 g/mol. The zero-order valence-electron chi connectivity index (χ0n) is 35.6. The normalized spacial score (nSPS) is 14.2. The molecule has 0 N–H and O–H groups in total. The second-order valence-electron chi connectivity index (χ2n) is 17.2. The number of aromatic nitrogens is 1. The Morgan fingerprint density at radius 2 is 0.892 bits per heavy atom. The van der Waals surface area contributed by atoms with Gasteiger partial charge in [-0.25, -0.2) is 0 Å². The third kappa shape index (κ3) is 5.60. The van der Waals surface area contributed by atoms with Gasteiger partial charge in [-0.05, 0) is 97.7 Å². The first-order valence-corrected chi connectivity index (χ1v) is 22.5. The van der Waals surface area contributed by atoms with E-state index in [9.17, 15) is 0 Å². The van der Waals surface area contributed by atoms with Crippen molar-refractivity contribution in [2.45, 2.75) is 5.41 Å². The molecule has 65 heavy (non-hydrogen) atoms. The summed E-state index contributed by atoms with van der Waals surface area (Å²) in [5, 5.41) is 7.32. The molecule has 1 aliphatic carbocycles. The molecule has 0 radical (unpaired) electrons. The van der Waals surface area contributed by atoms with Crippen LogP contribution < -0.4 is 4.90 Å². The van der Waals surface area contributed by atoms with E-state index in [1.165, 1.54) is 82.3 Å². The number of anilines is 3. The number of para-hydroxylation sites is 1. The van der Waals surface area contributed by atoms with Crippen molar-refractivity contribution in [2.75, 3.05) is 4.90 Å². The highest BCUT2D eigenvalue weighted by atomic mass is 15.1. The first-order valence-electron chi connectivity index (χ1n) is 22.5. The Bertz CT molecular complexity index is 3770. The van der Waals surface area contributed by atoms with Crippen LogP contribution in [0.3, 0.4) is 0 Å². The smallest absolute Gasteiger partial charge is 0.0720 e. The highest BCUT2D eigenvalue weighted by Crippen LogP contribution is 2.59. The standard InChI is InChI=1S/C63H42N2/c1-4-19-43(20-5-1)50-28-14-16-32-57(50)63(46-24-6-2-7-25-46)58-33-17-15-31-53(58)54-39-36-48(41-59(54)63)64(60-34-18-23-44-21-10-12-29-51(44)60)49-37-40-55-56-38-35-45-22-11-13-30-52(45)62(56)65(61(55)42-49)47-26-8-3-9-27-47/h1-42H. The van der Waals surface area contributed by atoms with Crippen LogP contribution in [0.1, 0.15) is 22.3 Å². The molecule has 12 aromatic rings. The van der Waals surface area contributed by atoms with Gasteiger partial charge in [0.15, 0.2) is 0 Å². The maximum atomic E-state index is 2.50. The van der Waals surface area contributed by atoms with Crippen LogP contribution in [-0.2, 0) is 5.41 Å². The van der Waals surface area contributed by atoms with E-state index >= 15 is 0 Å². The van der Waals surface area contributed by atoms with E-state index in [1.807, 2.05) is 0 Å². The predicted octanol–water partition coefficient (Wildman–Crippen LogP) is 16.6. The summed E-state index contributed by atoms with van der Waals surface area (Å²) < 4.78 is 2.47. The van der Waals surface area contributed by atoms with Crippen LogP contribution in [0.25, 0.3) is 71.3 Å². The molecule has 0 aliphatic heterocycles. The summed E-state index contributed by atoms with van der Waals surface area (Å²) in [5.41, 5.74) is 16.2. The van der Waals surface area contributed by atoms with E-state index in [2.05, 4.69) is 264 Å². The monoisotopic (exact) mass is 826 g/mol. The fraction of sp³-hybridized carbons (Fsp3) is 0.0159. The molecule has 1 unspecified atom stereocenters. The van der Waals surface area contributed by atoms with Crippen LogP contribution in [0.15, 0.2) is 255 Å². The van der Waals surface area contributed by atoms with Gasteiger partial charge in [-0.15, -0.1) is 0 Å². The number of hydrogen-bond donors (Lipinski definition) is 0. The number of fused-ring (bicyclic) bond motifs is 9. The predicted molar refractivity (Wildman–Crippen MR) is 273 cm³/mol. The number of rotatable bonds is 7. The van der Waals surface area contributed by atoms with E-state index in [-0.39, 0.29) is 0 Å². The van der Waals surface area contributed by atoms with Gasteiger partial charge < -0.3 is 9.47 Å². The lowest BCUT2D eigenvalue weighted by molar-refractivity contribution is 0.770. The highest BCUT2D eigenvalue weighted by Gasteiger charge is 2.47. The van der Waals surface area contributed by atoms with Crippen LogP contribution in [-0.4, -0.2) is 4.57 Å². The van der Waals surface area contributed by atoms with Crippen molar-refractivity contribution in [3.8, 4) is 27.9 Å². The Balaban J connectivity index is 1.13. The van der Waals surface area contributed by atoms with Crippen LogP contribution in [0.5, 0.6) is 0 Å². The minimum Gasteiger partial charge on any atom is -0.310 e. The van der Waals surface area contributed by atoms with E-state index in [4.69, 9.17) is 0 Å². The van der Waals surface area contributed by atoms with Gasteiger partial charge >= 0.3 is 0 Å². The lowest BCUT2D eigenvalue weighted by Crippen LogP contribution is -2.29. The van der Waals surface area contributed by atoms with Crippen molar-refractivity contribution >= 4 is 60.4 Å². The first kappa shape index (κ1) is 37.1. The molecule has 0 bridgehead atoms. The van der Waals surface area contributed by atoms with Gasteiger partial charge in [-0.1, -0.05) is 212 Å². The Morgan fingerprint density at radius 1 is 0.338 bits per heavy atom. The molecule has 1 heterocycles. The van der Waals surface area contributed by atoms with Crippen LogP contribution >= 0.6 is 0 Å². The fourth-order valence-electron chi connectivity index (χ4n) is 11.1. The van der Waals surface area contributed by atoms with Gasteiger partial charge in [-0.2, -0.15) is 0 Å². The SMILES string of the molecule is c1ccc(-c2ccccc2C2(c3ccccc3)c3ccccc3-c3ccc(N(c4ccc5c6ccc7ccccc7c6n(-c6ccccc6)c5c4)c4cccc5ccccc45)cc32)cc1. The number of nitrogens with zero attached hydrogens (tertiary/aromatic N) is 2. The van der Waals surface area contributed by atoms with Crippen molar-refractivity contribution in [1.82, 2.24) is 4.57 Å². The zero-order chi connectivity index (χ0) is 42.9. The molecule has 0 amide bonds. The molecule has 0 saturated carbocycles. The quantitative estimate of drug-likeness (QED) is 0.155.